The lowest BCUT2D eigenvalue weighted by molar-refractivity contribution is 0.189. The molecular formula is C20H38N6. The highest BCUT2D eigenvalue weighted by Crippen LogP contribution is 2.27. The van der Waals surface area contributed by atoms with Gasteiger partial charge in [0.15, 0.2) is 5.96 Å². The molecule has 2 heterocycles. The van der Waals surface area contributed by atoms with E-state index in [1.54, 1.807) is 0 Å². The number of nitrogens with one attached hydrogen (secondary N) is 1. The number of likely N-dealkylation sites (tertiary alicyclic amines) is 1. The van der Waals surface area contributed by atoms with Crippen LogP contribution in [0.3, 0.4) is 0 Å². The van der Waals surface area contributed by atoms with Crippen molar-refractivity contribution < 1.29 is 0 Å². The molecule has 0 aliphatic carbocycles. The Morgan fingerprint density at radius 1 is 1.27 bits per heavy atom. The summed E-state index contributed by atoms with van der Waals surface area (Å²) in [5.74, 6) is 1.74. The first-order chi connectivity index (χ1) is 12.7. The Balaban J connectivity index is 1.89. The van der Waals surface area contributed by atoms with Crippen LogP contribution in [0.2, 0.25) is 0 Å². The highest BCUT2D eigenvalue weighted by atomic mass is 15.3. The fourth-order valence-corrected chi connectivity index (χ4v) is 3.69. The Morgan fingerprint density at radius 3 is 2.73 bits per heavy atom. The van der Waals surface area contributed by atoms with Gasteiger partial charge in [-0.1, -0.05) is 20.8 Å². The van der Waals surface area contributed by atoms with E-state index in [1.807, 2.05) is 12.5 Å². The van der Waals surface area contributed by atoms with Gasteiger partial charge in [-0.3, -0.25) is 4.99 Å². The molecule has 2 unspecified atom stereocenters. The molecule has 0 radical (unpaired) electrons. The number of piperidine rings is 1. The number of aromatic nitrogens is 2. The summed E-state index contributed by atoms with van der Waals surface area (Å²) in [6, 6.07) is 0.470. The highest BCUT2D eigenvalue weighted by Gasteiger charge is 2.28. The molecule has 6 heteroatoms. The lowest BCUT2D eigenvalue weighted by Crippen LogP contribution is -2.49. The number of aliphatic imine (C=N–C) groups is 1. The Morgan fingerprint density at radius 2 is 2.08 bits per heavy atom. The number of unbranched alkanes of at least 4 members (excludes halogenated alkanes) is 1. The minimum absolute atomic E-state index is 0.470. The minimum atomic E-state index is 0.470. The average molecular weight is 363 g/mol. The van der Waals surface area contributed by atoms with Gasteiger partial charge >= 0.3 is 0 Å². The number of hydrogen-bond acceptors (Lipinski definition) is 3. The topological polar surface area (TPSA) is 48.7 Å². The molecular weight excluding hydrogens is 324 g/mol. The molecule has 148 valence electrons. The third-order valence-electron chi connectivity index (χ3n) is 5.50. The van der Waals surface area contributed by atoms with E-state index in [-0.39, 0.29) is 0 Å². The van der Waals surface area contributed by atoms with E-state index in [4.69, 9.17) is 4.99 Å². The predicted molar refractivity (Wildman–Crippen MR) is 110 cm³/mol. The van der Waals surface area contributed by atoms with Gasteiger partial charge in [-0.05, 0) is 51.7 Å². The van der Waals surface area contributed by atoms with Crippen molar-refractivity contribution in [2.75, 3.05) is 45.8 Å². The number of rotatable bonds is 9. The second kappa shape index (κ2) is 11.2. The second-order valence-corrected chi connectivity index (χ2v) is 7.26. The first kappa shape index (κ1) is 20.7. The summed E-state index contributed by atoms with van der Waals surface area (Å²) in [6.07, 6.45) is 9.47. The van der Waals surface area contributed by atoms with Crippen molar-refractivity contribution in [2.24, 2.45) is 10.9 Å². The molecule has 2 rings (SSSR count). The van der Waals surface area contributed by atoms with Crippen molar-refractivity contribution in [1.82, 2.24) is 24.7 Å². The van der Waals surface area contributed by atoms with Crippen molar-refractivity contribution in [3.63, 3.8) is 0 Å². The van der Waals surface area contributed by atoms with Crippen LogP contribution in [-0.4, -0.2) is 71.1 Å². The molecule has 0 spiro atoms. The predicted octanol–water partition coefficient (Wildman–Crippen LogP) is 2.85. The Labute approximate surface area is 159 Å². The first-order valence-electron chi connectivity index (χ1n) is 10.4. The number of imidazole rings is 1. The zero-order valence-electron chi connectivity index (χ0n) is 17.2. The van der Waals surface area contributed by atoms with Gasteiger partial charge in [0.1, 0.15) is 0 Å². The van der Waals surface area contributed by atoms with Gasteiger partial charge in [0.05, 0.1) is 12.4 Å². The van der Waals surface area contributed by atoms with E-state index < -0.39 is 0 Å². The summed E-state index contributed by atoms with van der Waals surface area (Å²) in [4.78, 5) is 14.1. The van der Waals surface area contributed by atoms with Crippen molar-refractivity contribution in [1.29, 1.82) is 0 Å². The number of guanidine groups is 1. The van der Waals surface area contributed by atoms with Gasteiger partial charge < -0.3 is 19.7 Å². The molecule has 1 fully saturated rings. The van der Waals surface area contributed by atoms with Crippen LogP contribution >= 0.6 is 0 Å². The zero-order valence-corrected chi connectivity index (χ0v) is 17.2. The molecule has 1 aromatic rings. The summed E-state index contributed by atoms with van der Waals surface area (Å²) >= 11 is 0. The maximum Gasteiger partial charge on any atom is 0.193 e. The number of nitrogens with zero attached hydrogens (tertiary/aromatic N) is 5. The molecule has 1 aromatic heterocycles. The lowest BCUT2D eigenvalue weighted by Gasteiger charge is -2.39. The minimum Gasteiger partial charge on any atom is -0.357 e. The van der Waals surface area contributed by atoms with Gasteiger partial charge in [0.25, 0.3) is 0 Å². The van der Waals surface area contributed by atoms with Crippen LogP contribution in [0.5, 0.6) is 0 Å². The molecule has 0 saturated carbocycles. The van der Waals surface area contributed by atoms with Crippen LogP contribution in [0.15, 0.2) is 23.7 Å². The molecule has 0 aromatic carbocycles. The third-order valence-corrected chi connectivity index (χ3v) is 5.50. The molecule has 0 amide bonds. The maximum absolute atomic E-state index is 4.91. The Kier molecular flexibility index (Phi) is 8.95. The molecule has 6 nitrogen and oxygen atoms in total. The van der Waals surface area contributed by atoms with Crippen molar-refractivity contribution >= 4 is 5.96 Å². The van der Waals surface area contributed by atoms with Crippen LogP contribution in [0, 0.1) is 5.92 Å². The van der Waals surface area contributed by atoms with Crippen LogP contribution in [0.4, 0.5) is 0 Å². The standard InChI is InChI=1S/C20H38N6/c1-5-22-20(23-11-8-9-13-24(6-2)7-3)25-14-10-18(4)19(16-25)26-15-12-21-17-26/h12,15,17-19H,5-11,13-14,16H2,1-4H3,(H,22,23). The third kappa shape index (κ3) is 6.01. The molecule has 2 atom stereocenters. The van der Waals surface area contributed by atoms with Gasteiger partial charge in [-0.2, -0.15) is 0 Å². The van der Waals surface area contributed by atoms with E-state index in [2.05, 4.69) is 58.6 Å². The fourth-order valence-electron chi connectivity index (χ4n) is 3.69. The van der Waals surface area contributed by atoms with Gasteiger partial charge in [0.2, 0.25) is 0 Å². The molecule has 0 bridgehead atoms. The van der Waals surface area contributed by atoms with Crippen molar-refractivity contribution in [2.45, 2.75) is 53.0 Å². The quantitative estimate of drug-likeness (QED) is 0.417. The largest absolute Gasteiger partial charge is 0.357 e. The van der Waals surface area contributed by atoms with E-state index in [1.165, 1.54) is 19.4 Å². The van der Waals surface area contributed by atoms with Crippen LogP contribution in [0.1, 0.15) is 53.0 Å². The normalized spacial score (nSPS) is 21.4. The molecule has 1 saturated heterocycles. The molecule has 26 heavy (non-hydrogen) atoms. The summed E-state index contributed by atoms with van der Waals surface area (Å²) in [6.45, 7) is 16.3. The lowest BCUT2D eigenvalue weighted by atomic mass is 9.93. The Bertz CT molecular complexity index is 508. The summed E-state index contributed by atoms with van der Waals surface area (Å²) in [7, 11) is 0. The van der Waals surface area contributed by atoms with Crippen LogP contribution < -0.4 is 5.32 Å². The zero-order chi connectivity index (χ0) is 18.8. The first-order valence-corrected chi connectivity index (χ1v) is 10.4. The van der Waals surface area contributed by atoms with Crippen LogP contribution in [0.25, 0.3) is 0 Å². The van der Waals surface area contributed by atoms with Crippen molar-refractivity contribution in [3.8, 4) is 0 Å². The summed E-state index contributed by atoms with van der Waals surface area (Å²) < 4.78 is 2.25. The van der Waals surface area contributed by atoms with Crippen LogP contribution in [-0.2, 0) is 0 Å². The van der Waals surface area contributed by atoms with Crippen molar-refractivity contribution in [3.05, 3.63) is 18.7 Å². The van der Waals surface area contributed by atoms with E-state index in [0.717, 1.165) is 51.6 Å². The molecule has 1 aliphatic heterocycles. The number of hydrogen-bond donors (Lipinski definition) is 1. The van der Waals surface area contributed by atoms with Gasteiger partial charge in [-0.25, -0.2) is 4.98 Å². The monoisotopic (exact) mass is 362 g/mol. The average Bonchev–Trinajstić information content (AvgIpc) is 3.19. The Hall–Kier alpha value is -1.56. The van der Waals surface area contributed by atoms with E-state index in [9.17, 15) is 0 Å². The summed E-state index contributed by atoms with van der Waals surface area (Å²) in [5, 5.41) is 3.50. The van der Waals surface area contributed by atoms with E-state index in [0.29, 0.717) is 12.0 Å². The smallest absolute Gasteiger partial charge is 0.193 e. The van der Waals surface area contributed by atoms with Gasteiger partial charge in [-0.15, -0.1) is 0 Å². The molecule has 1 aliphatic rings. The fraction of sp³-hybridized carbons (Fsp3) is 0.800. The SMILES string of the molecule is CCNC(=NCCCCN(CC)CC)N1CCC(C)C(n2ccnc2)C1. The summed E-state index contributed by atoms with van der Waals surface area (Å²) in [5.41, 5.74) is 0. The molecule has 1 N–H and O–H groups in total. The van der Waals surface area contributed by atoms with Gasteiger partial charge in [0, 0.05) is 38.6 Å². The highest BCUT2D eigenvalue weighted by molar-refractivity contribution is 5.80. The second-order valence-electron chi connectivity index (χ2n) is 7.26. The van der Waals surface area contributed by atoms with E-state index >= 15 is 0 Å². The maximum atomic E-state index is 4.91.